The zero-order valence-electron chi connectivity index (χ0n) is 10.5. The molecule has 0 N–H and O–H groups in total. The van der Waals surface area contributed by atoms with Crippen molar-refractivity contribution in [1.82, 2.24) is 4.98 Å². The summed E-state index contributed by atoms with van der Waals surface area (Å²) in [5.74, 6) is 0.432. The lowest BCUT2D eigenvalue weighted by atomic mass is 10.1. The highest BCUT2D eigenvalue weighted by atomic mass is 79.9. The van der Waals surface area contributed by atoms with Gasteiger partial charge in [-0.1, -0.05) is 28.8 Å². The Morgan fingerprint density at radius 1 is 1.32 bits per heavy atom. The molecule has 2 heterocycles. The van der Waals surface area contributed by atoms with Gasteiger partial charge in [-0.15, -0.1) is 0 Å². The maximum absolute atomic E-state index is 12.7. The summed E-state index contributed by atoms with van der Waals surface area (Å²) in [6.07, 6.45) is 1.16. The topological polar surface area (TPSA) is 16.1 Å². The smallest absolute Gasteiger partial charge is 0.353 e. The van der Waals surface area contributed by atoms with E-state index < -0.39 is 11.7 Å². The average Bonchev–Trinajstić information content (AvgIpc) is 2.62. The number of rotatable bonds is 2. The lowest BCUT2D eigenvalue weighted by molar-refractivity contribution is -0.137. The van der Waals surface area contributed by atoms with Gasteiger partial charge in [0.1, 0.15) is 5.82 Å². The van der Waals surface area contributed by atoms with Gasteiger partial charge in [0.2, 0.25) is 0 Å². The number of aromatic nitrogens is 1. The van der Waals surface area contributed by atoms with Crippen LogP contribution in [0.2, 0.25) is 0 Å². The van der Waals surface area contributed by atoms with Gasteiger partial charge in [0.15, 0.2) is 0 Å². The lowest BCUT2D eigenvalue weighted by Gasteiger charge is -2.30. The molecule has 0 aliphatic carbocycles. The van der Waals surface area contributed by atoms with Crippen molar-refractivity contribution in [2.75, 3.05) is 16.8 Å². The lowest BCUT2D eigenvalue weighted by Crippen LogP contribution is -2.36. The predicted molar refractivity (Wildman–Crippen MR) is 72.6 cm³/mol. The van der Waals surface area contributed by atoms with E-state index >= 15 is 0 Å². The minimum absolute atomic E-state index is 0.221. The van der Waals surface area contributed by atoms with E-state index in [1.807, 2.05) is 4.90 Å². The minimum atomic E-state index is -4.31. The molecule has 0 saturated carbocycles. The average molecular weight is 337 g/mol. The Morgan fingerprint density at radius 2 is 2.11 bits per heavy atom. The van der Waals surface area contributed by atoms with Crippen LogP contribution in [0, 0.1) is 0 Å². The summed E-state index contributed by atoms with van der Waals surface area (Å²) in [6.45, 7) is 0.768. The van der Waals surface area contributed by atoms with Crippen LogP contribution in [0.4, 0.5) is 19.0 Å². The number of pyridine rings is 1. The Labute approximate surface area is 119 Å². The van der Waals surface area contributed by atoms with Crippen molar-refractivity contribution < 1.29 is 13.2 Å². The first-order valence-electron chi connectivity index (χ1n) is 6.38. The molecule has 1 aliphatic rings. The van der Waals surface area contributed by atoms with Crippen molar-refractivity contribution in [1.29, 1.82) is 0 Å². The molecule has 1 aromatic rings. The first-order chi connectivity index (χ1) is 9.02. The van der Waals surface area contributed by atoms with E-state index in [0.717, 1.165) is 49.7 Å². The van der Waals surface area contributed by atoms with E-state index in [9.17, 15) is 13.2 Å². The third-order valence-corrected chi connectivity index (χ3v) is 4.17. The Bertz CT molecular complexity index is 423. The summed E-state index contributed by atoms with van der Waals surface area (Å²) in [5.41, 5.74) is -0.630. The SMILES string of the molecule is FC(F)(F)c1ccnc(N2CCCCCC2CBr)c1. The van der Waals surface area contributed by atoms with Crippen LogP contribution in [0.15, 0.2) is 18.3 Å². The van der Waals surface area contributed by atoms with Crippen molar-refractivity contribution in [3.05, 3.63) is 23.9 Å². The zero-order valence-corrected chi connectivity index (χ0v) is 12.0. The molecule has 2 nitrogen and oxygen atoms in total. The van der Waals surface area contributed by atoms with Crippen LogP contribution >= 0.6 is 15.9 Å². The van der Waals surface area contributed by atoms with E-state index in [0.29, 0.717) is 5.82 Å². The molecule has 0 spiro atoms. The monoisotopic (exact) mass is 336 g/mol. The van der Waals surface area contributed by atoms with Gasteiger partial charge in [-0.2, -0.15) is 13.2 Å². The van der Waals surface area contributed by atoms with Crippen molar-refractivity contribution in [2.24, 2.45) is 0 Å². The van der Waals surface area contributed by atoms with Crippen LogP contribution in [-0.4, -0.2) is 22.9 Å². The fourth-order valence-electron chi connectivity index (χ4n) is 2.39. The highest BCUT2D eigenvalue weighted by molar-refractivity contribution is 9.09. The fourth-order valence-corrected chi connectivity index (χ4v) is 3.06. The van der Waals surface area contributed by atoms with E-state index in [1.54, 1.807) is 0 Å². The Balaban J connectivity index is 2.28. The van der Waals surface area contributed by atoms with Gasteiger partial charge in [0, 0.05) is 24.1 Å². The molecular weight excluding hydrogens is 321 g/mol. The van der Waals surface area contributed by atoms with Crippen molar-refractivity contribution in [3.8, 4) is 0 Å². The molecule has 106 valence electrons. The zero-order chi connectivity index (χ0) is 13.9. The van der Waals surface area contributed by atoms with E-state index in [2.05, 4.69) is 20.9 Å². The second-order valence-electron chi connectivity index (χ2n) is 4.75. The summed E-state index contributed by atoms with van der Waals surface area (Å²) in [6, 6.07) is 2.39. The minimum Gasteiger partial charge on any atom is -0.353 e. The molecule has 0 aromatic carbocycles. The van der Waals surface area contributed by atoms with Crippen LogP contribution < -0.4 is 4.90 Å². The highest BCUT2D eigenvalue weighted by Gasteiger charge is 2.32. The number of hydrogen-bond donors (Lipinski definition) is 0. The molecule has 19 heavy (non-hydrogen) atoms. The van der Waals surface area contributed by atoms with E-state index in [1.165, 1.54) is 6.20 Å². The van der Waals surface area contributed by atoms with Crippen LogP contribution in [0.5, 0.6) is 0 Å². The number of nitrogens with zero attached hydrogens (tertiary/aromatic N) is 2. The summed E-state index contributed by atoms with van der Waals surface area (Å²) in [5, 5.41) is 0.755. The summed E-state index contributed by atoms with van der Waals surface area (Å²) in [7, 11) is 0. The summed E-state index contributed by atoms with van der Waals surface area (Å²) < 4.78 is 38.2. The van der Waals surface area contributed by atoms with Crippen LogP contribution in [-0.2, 0) is 6.18 Å². The fraction of sp³-hybridized carbons (Fsp3) is 0.615. The predicted octanol–water partition coefficient (Wildman–Crippen LogP) is 4.24. The maximum atomic E-state index is 12.7. The quantitative estimate of drug-likeness (QED) is 0.751. The second kappa shape index (κ2) is 6.11. The third-order valence-electron chi connectivity index (χ3n) is 3.42. The molecule has 6 heteroatoms. The molecule has 1 fully saturated rings. The third kappa shape index (κ3) is 3.61. The summed E-state index contributed by atoms with van der Waals surface area (Å²) >= 11 is 3.45. The van der Waals surface area contributed by atoms with Crippen LogP contribution in [0.3, 0.4) is 0 Å². The van der Waals surface area contributed by atoms with Gasteiger partial charge in [0.25, 0.3) is 0 Å². The van der Waals surface area contributed by atoms with Crippen LogP contribution in [0.25, 0.3) is 0 Å². The number of halogens is 4. The van der Waals surface area contributed by atoms with Gasteiger partial charge in [-0.05, 0) is 25.0 Å². The molecular formula is C13H16BrF3N2. The number of alkyl halides is 4. The Kier molecular flexibility index (Phi) is 4.71. The van der Waals surface area contributed by atoms with Crippen molar-refractivity contribution >= 4 is 21.7 Å². The van der Waals surface area contributed by atoms with Gasteiger partial charge >= 0.3 is 6.18 Å². The van der Waals surface area contributed by atoms with E-state index in [4.69, 9.17) is 0 Å². The van der Waals surface area contributed by atoms with Gasteiger partial charge in [-0.3, -0.25) is 0 Å². The van der Waals surface area contributed by atoms with Gasteiger partial charge in [-0.25, -0.2) is 4.98 Å². The molecule has 1 aliphatic heterocycles. The van der Waals surface area contributed by atoms with Gasteiger partial charge < -0.3 is 4.90 Å². The molecule has 1 atom stereocenters. The first kappa shape index (κ1) is 14.6. The second-order valence-corrected chi connectivity index (χ2v) is 5.40. The Hall–Kier alpha value is -0.780. The summed E-state index contributed by atoms with van der Waals surface area (Å²) in [4.78, 5) is 6.12. The first-order valence-corrected chi connectivity index (χ1v) is 7.50. The molecule has 1 aromatic heterocycles. The maximum Gasteiger partial charge on any atom is 0.416 e. The molecule has 0 bridgehead atoms. The molecule has 0 amide bonds. The molecule has 1 unspecified atom stereocenters. The highest BCUT2D eigenvalue weighted by Crippen LogP contribution is 2.32. The normalized spacial score (nSPS) is 21.3. The van der Waals surface area contributed by atoms with E-state index in [-0.39, 0.29) is 6.04 Å². The number of anilines is 1. The van der Waals surface area contributed by atoms with Gasteiger partial charge in [0.05, 0.1) is 5.56 Å². The molecule has 0 radical (unpaired) electrons. The largest absolute Gasteiger partial charge is 0.416 e. The van der Waals surface area contributed by atoms with Crippen molar-refractivity contribution in [3.63, 3.8) is 0 Å². The van der Waals surface area contributed by atoms with Crippen molar-refractivity contribution in [2.45, 2.75) is 37.9 Å². The van der Waals surface area contributed by atoms with Crippen LogP contribution in [0.1, 0.15) is 31.2 Å². The number of hydrogen-bond acceptors (Lipinski definition) is 2. The molecule has 1 saturated heterocycles. The standard InChI is InChI=1S/C13H16BrF3N2/c14-9-11-4-2-1-3-7-19(11)12-8-10(5-6-18-12)13(15,16)17/h5-6,8,11H,1-4,7,9H2. The molecule has 2 rings (SSSR count). The Morgan fingerprint density at radius 3 is 2.79 bits per heavy atom.